The van der Waals surface area contributed by atoms with Crippen LogP contribution in [-0.4, -0.2) is 23.0 Å². The Kier molecular flexibility index (Phi) is 4.41. The van der Waals surface area contributed by atoms with E-state index in [4.69, 9.17) is 0 Å². The molecule has 1 amide bonds. The van der Waals surface area contributed by atoms with E-state index in [9.17, 15) is 9.90 Å². The number of nitrogens with zero attached hydrogens (tertiary/aromatic N) is 1. The van der Waals surface area contributed by atoms with Gasteiger partial charge in [-0.1, -0.05) is 42.5 Å². The first-order chi connectivity index (χ1) is 9.58. The molecule has 3 nitrogen and oxygen atoms in total. The molecule has 0 unspecified atom stereocenters. The second-order valence-corrected chi connectivity index (χ2v) is 4.98. The fourth-order valence-corrected chi connectivity index (χ4v) is 2.09. The zero-order valence-electron chi connectivity index (χ0n) is 11.8. The molecule has 0 bridgehead atoms. The van der Waals surface area contributed by atoms with Crippen molar-refractivity contribution in [3.05, 3.63) is 65.2 Å². The average molecular weight is 269 g/mol. The van der Waals surface area contributed by atoms with Crippen molar-refractivity contribution in [2.45, 2.75) is 19.9 Å². The smallest absolute Gasteiger partial charge is 0.227 e. The second kappa shape index (κ2) is 6.24. The van der Waals surface area contributed by atoms with Gasteiger partial charge in [0.15, 0.2) is 0 Å². The van der Waals surface area contributed by atoms with Crippen LogP contribution in [0.4, 0.5) is 0 Å². The van der Waals surface area contributed by atoms with E-state index in [0.717, 1.165) is 5.56 Å². The van der Waals surface area contributed by atoms with Gasteiger partial charge in [-0.2, -0.15) is 0 Å². The lowest BCUT2D eigenvalue weighted by Gasteiger charge is -2.18. The van der Waals surface area contributed by atoms with Crippen molar-refractivity contribution in [2.24, 2.45) is 0 Å². The predicted octanol–water partition coefficient (Wildman–Crippen LogP) is 2.90. The fourth-order valence-electron chi connectivity index (χ4n) is 2.09. The Morgan fingerprint density at radius 2 is 1.65 bits per heavy atom. The van der Waals surface area contributed by atoms with Gasteiger partial charge in [0, 0.05) is 19.2 Å². The van der Waals surface area contributed by atoms with Crippen molar-refractivity contribution in [2.75, 3.05) is 7.05 Å². The van der Waals surface area contributed by atoms with E-state index in [0.29, 0.717) is 12.1 Å². The SMILES string of the molecule is Cc1ccccc1CN(C)C(=O)Cc1ccccc1O. The molecule has 0 aromatic heterocycles. The van der Waals surface area contributed by atoms with Gasteiger partial charge in [0.05, 0.1) is 6.42 Å². The van der Waals surface area contributed by atoms with Gasteiger partial charge in [-0.05, 0) is 24.1 Å². The fraction of sp³-hybridized carbons (Fsp3) is 0.235. The van der Waals surface area contributed by atoms with Crippen LogP contribution in [0.5, 0.6) is 5.75 Å². The van der Waals surface area contributed by atoms with Gasteiger partial charge in [-0.25, -0.2) is 0 Å². The number of amides is 1. The third-order valence-corrected chi connectivity index (χ3v) is 3.43. The van der Waals surface area contributed by atoms with Gasteiger partial charge >= 0.3 is 0 Å². The van der Waals surface area contributed by atoms with E-state index >= 15 is 0 Å². The Hall–Kier alpha value is -2.29. The molecule has 0 radical (unpaired) electrons. The van der Waals surface area contributed by atoms with Gasteiger partial charge < -0.3 is 10.0 Å². The molecule has 0 aliphatic rings. The zero-order valence-corrected chi connectivity index (χ0v) is 11.8. The van der Waals surface area contributed by atoms with Gasteiger partial charge in [-0.3, -0.25) is 4.79 Å². The lowest BCUT2D eigenvalue weighted by atomic mass is 10.1. The van der Waals surface area contributed by atoms with E-state index < -0.39 is 0 Å². The number of likely N-dealkylation sites (N-methyl/N-ethyl adjacent to an activating group) is 1. The number of rotatable bonds is 4. The molecular weight excluding hydrogens is 250 g/mol. The molecule has 0 spiro atoms. The third kappa shape index (κ3) is 3.38. The number of para-hydroxylation sites is 1. The Balaban J connectivity index is 2.03. The quantitative estimate of drug-likeness (QED) is 0.927. The van der Waals surface area contributed by atoms with Crippen LogP contribution >= 0.6 is 0 Å². The van der Waals surface area contributed by atoms with Crippen molar-refractivity contribution >= 4 is 5.91 Å². The van der Waals surface area contributed by atoms with Crippen LogP contribution in [0.1, 0.15) is 16.7 Å². The number of phenolic OH excluding ortho intramolecular Hbond substituents is 1. The summed E-state index contributed by atoms with van der Waals surface area (Å²) in [5, 5.41) is 9.70. The second-order valence-electron chi connectivity index (χ2n) is 4.98. The van der Waals surface area contributed by atoms with Crippen LogP contribution in [0.25, 0.3) is 0 Å². The standard InChI is InChI=1S/C17H19NO2/c1-13-7-3-4-9-15(13)12-18(2)17(20)11-14-8-5-6-10-16(14)19/h3-10,19H,11-12H2,1-2H3. The molecule has 1 N–H and O–H groups in total. The van der Waals surface area contributed by atoms with Crippen LogP contribution in [0.2, 0.25) is 0 Å². The molecule has 2 aromatic rings. The molecule has 0 atom stereocenters. The van der Waals surface area contributed by atoms with Crippen LogP contribution < -0.4 is 0 Å². The number of aromatic hydroxyl groups is 1. The molecular formula is C17H19NO2. The van der Waals surface area contributed by atoms with Gasteiger partial charge in [0.25, 0.3) is 0 Å². The maximum absolute atomic E-state index is 12.2. The minimum absolute atomic E-state index is 0.00486. The largest absolute Gasteiger partial charge is 0.508 e. The normalized spacial score (nSPS) is 10.3. The first-order valence-corrected chi connectivity index (χ1v) is 6.63. The number of benzene rings is 2. The van der Waals surface area contributed by atoms with Crippen molar-refractivity contribution < 1.29 is 9.90 Å². The summed E-state index contributed by atoms with van der Waals surface area (Å²) in [7, 11) is 1.79. The number of carbonyl (C=O) groups is 1. The van der Waals surface area contributed by atoms with Gasteiger partial charge in [-0.15, -0.1) is 0 Å². The Labute approximate surface area is 119 Å². The summed E-state index contributed by atoms with van der Waals surface area (Å²) >= 11 is 0. The number of phenols is 1. The van der Waals surface area contributed by atoms with Crippen molar-refractivity contribution in [3.63, 3.8) is 0 Å². The molecule has 0 saturated heterocycles. The molecule has 20 heavy (non-hydrogen) atoms. The maximum Gasteiger partial charge on any atom is 0.227 e. The van der Waals surface area contributed by atoms with Crippen molar-refractivity contribution in [1.82, 2.24) is 4.90 Å². The van der Waals surface area contributed by atoms with E-state index in [2.05, 4.69) is 0 Å². The highest BCUT2D eigenvalue weighted by Crippen LogP contribution is 2.17. The topological polar surface area (TPSA) is 40.5 Å². The zero-order chi connectivity index (χ0) is 14.5. The Morgan fingerprint density at radius 3 is 2.30 bits per heavy atom. The van der Waals surface area contributed by atoms with Crippen LogP contribution in [0.15, 0.2) is 48.5 Å². The molecule has 2 rings (SSSR count). The van der Waals surface area contributed by atoms with Crippen LogP contribution in [0, 0.1) is 6.92 Å². The lowest BCUT2D eigenvalue weighted by molar-refractivity contribution is -0.129. The van der Waals surface area contributed by atoms with E-state index in [-0.39, 0.29) is 18.1 Å². The summed E-state index contributed by atoms with van der Waals surface area (Å²) in [6.45, 7) is 2.62. The first-order valence-electron chi connectivity index (χ1n) is 6.63. The number of hydrogen-bond donors (Lipinski definition) is 1. The summed E-state index contributed by atoms with van der Waals surface area (Å²) in [5.74, 6) is 0.167. The van der Waals surface area contributed by atoms with E-state index in [1.54, 1.807) is 30.1 Å². The van der Waals surface area contributed by atoms with Gasteiger partial charge in [0.1, 0.15) is 5.75 Å². The highest BCUT2D eigenvalue weighted by atomic mass is 16.3. The molecule has 104 valence electrons. The predicted molar refractivity (Wildman–Crippen MR) is 79.5 cm³/mol. The maximum atomic E-state index is 12.2. The Morgan fingerprint density at radius 1 is 1.05 bits per heavy atom. The Bertz CT molecular complexity index is 607. The molecule has 3 heteroatoms. The monoisotopic (exact) mass is 269 g/mol. The average Bonchev–Trinajstić information content (AvgIpc) is 2.43. The van der Waals surface area contributed by atoms with Gasteiger partial charge in [0.2, 0.25) is 5.91 Å². The molecule has 2 aromatic carbocycles. The molecule has 0 fully saturated rings. The molecule has 0 saturated carbocycles. The first kappa shape index (κ1) is 14.1. The van der Waals surface area contributed by atoms with E-state index in [1.165, 1.54) is 5.56 Å². The van der Waals surface area contributed by atoms with E-state index in [1.807, 2.05) is 37.3 Å². The summed E-state index contributed by atoms with van der Waals surface area (Å²) in [4.78, 5) is 13.9. The van der Waals surface area contributed by atoms with Crippen molar-refractivity contribution in [1.29, 1.82) is 0 Å². The third-order valence-electron chi connectivity index (χ3n) is 3.43. The number of aryl methyl sites for hydroxylation is 1. The number of carbonyl (C=O) groups excluding carboxylic acids is 1. The lowest BCUT2D eigenvalue weighted by Crippen LogP contribution is -2.28. The highest BCUT2D eigenvalue weighted by molar-refractivity contribution is 5.79. The van der Waals surface area contributed by atoms with Crippen LogP contribution in [-0.2, 0) is 17.8 Å². The summed E-state index contributed by atoms with van der Waals surface area (Å²) < 4.78 is 0. The minimum Gasteiger partial charge on any atom is -0.508 e. The summed E-state index contributed by atoms with van der Waals surface area (Å²) in [5.41, 5.74) is 2.98. The summed E-state index contributed by atoms with van der Waals surface area (Å²) in [6, 6.07) is 15.0. The summed E-state index contributed by atoms with van der Waals surface area (Å²) in [6.07, 6.45) is 0.217. The minimum atomic E-state index is -0.00486. The molecule has 0 aliphatic heterocycles. The van der Waals surface area contributed by atoms with Crippen LogP contribution in [0.3, 0.4) is 0 Å². The molecule has 0 aliphatic carbocycles. The van der Waals surface area contributed by atoms with Crippen molar-refractivity contribution in [3.8, 4) is 5.75 Å². The highest BCUT2D eigenvalue weighted by Gasteiger charge is 2.12. The number of hydrogen-bond acceptors (Lipinski definition) is 2. The molecule has 0 heterocycles.